The first-order valence-electron chi connectivity index (χ1n) is 6.51. The van der Waals surface area contributed by atoms with E-state index in [1.807, 2.05) is 32.2 Å². The second-order valence-corrected chi connectivity index (χ2v) is 8.60. The Morgan fingerprint density at radius 1 is 1.29 bits per heavy atom. The number of anilines is 1. The van der Waals surface area contributed by atoms with Gasteiger partial charge in [0.2, 0.25) is 0 Å². The van der Waals surface area contributed by atoms with E-state index in [1.54, 1.807) is 12.1 Å². The highest BCUT2D eigenvalue weighted by molar-refractivity contribution is 9.11. The standard InChI is InChI=1S/C14H17BrN2O2S2/c1-3-10-6-4-5-7-12(10)17-21(18,19)13-8-11(9-16-2)20-14(13)15/h4-8,16-17H,3,9H2,1-2H3. The van der Waals surface area contributed by atoms with Crippen LogP contribution in [0.3, 0.4) is 0 Å². The molecule has 4 nitrogen and oxygen atoms in total. The molecule has 2 N–H and O–H groups in total. The van der Waals surface area contributed by atoms with Crippen LogP contribution in [-0.4, -0.2) is 15.5 Å². The third-order valence-corrected chi connectivity index (χ3v) is 6.61. The van der Waals surface area contributed by atoms with Crippen molar-refractivity contribution < 1.29 is 8.42 Å². The first-order valence-corrected chi connectivity index (χ1v) is 9.60. The first kappa shape index (κ1) is 16.5. The van der Waals surface area contributed by atoms with Gasteiger partial charge in [-0.15, -0.1) is 11.3 Å². The van der Waals surface area contributed by atoms with Gasteiger partial charge in [0.25, 0.3) is 10.0 Å². The molecule has 0 bridgehead atoms. The van der Waals surface area contributed by atoms with E-state index in [2.05, 4.69) is 26.0 Å². The number of para-hydroxylation sites is 1. The third kappa shape index (κ3) is 3.85. The lowest BCUT2D eigenvalue weighted by Gasteiger charge is -2.11. The molecule has 0 unspecified atom stereocenters. The van der Waals surface area contributed by atoms with Crippen LogP contribution in [0.5, 0.6) is 0 Å². The summed E-state index contributed by atoms with van der Waals surface area (Å²) in [5.74, 6) is 0. The smallest absolute Gasteiger partial charge is 0.263 e. The Labute approximate surface area is 137 Å². The van der Waals surface area contributed by atoms with Crippen LogP contribution in [0.1, 0.15) is 17.4 Å². The molecule has 0 saturated carbocycles. The fourth-order valence-corrected chi connectivity index (χ4v) is 5.77. The van der Waals surface area contributed by atoms with E-state index in [0.29, 0.717) is 16.0 Å². The number of hydrogen-bond donors (Lipinski definition) is 2. The van der Waals surface area contributed by atoms with E-state index in [4.69, 9.17) is 0 Å². The van der Waals surface area contributed by atoms with Crippen molar-refractivity contribution in [2.45, 2.75) is 24.8 Å². The van der Waals surface area contributed by atoms with E-state index < -0.39 is 10.0 Å². The Kier molecular flexibility index (Phi) is 5.43. The lowest BCUT2D eigenvalue weighted by molar-refractivity contribution is 0.601. The lowest BCUT2D eigenvalue weighted by atomic mass is 10.1. The van der Waals surface area contributed by atoms with Crippen LogP contribution < -0.4 is 10.0 Å². The average Bonchev–Trinajstić information content (AvgIpc) is 2.81. The molecule has 0 aliphatic heterocycles. The maximum Gasteiger partial charge on any atom is 0.263 e. The number of sulfonamides is 1. The van der Waals surface area contributed by atoms with Crippen LogP contribution in [0.15, 0.2) is 39.0 Å². The molecule has 2 aromatic rings. The Hall–Kier alpha value is -0.890. The molecule has 0 saturated heterocycles. The van der Waals surface area contributed by atoms with E-state index in [1.165, 1.54) is 11.3 Å². The van der Waals surface area contributed by atoms with Crippen LogP contribution in [0.4, 0.5) is 5.69 Å². The van der Waals surface area contributed by atoms with Gasteiger partial charge >= 0.3 is 0 Å². The Balaban J connectivity index is 2.34. The SMILES string of the molecule is CCc1ccccc1NS(=O)(=O)c1cc(CNC)sc1Br. The number of nitrogens with one attached hydrogen (secondary N) is 2. The zero-order valence-corrected chi connectivity index (χ0v) is 15.0. The molecule has 0 amide bonds. The molecule has 21 heavy (non-hydrogen) atoms. The molecule has 0 spiro atoms. The van der Waals surface area contributed by atoms with Gasteiger partial charge in [-0.25, -0.2) is 8.42 Å². The summed E-state index contributed by atoms with van der Waals surface area (Å²) >= 11 is 4.76. The molecule has 0 aliphatic carbocycles. The summed E-state index contributed by atoms with van der Waals surface area (Å²) in [6, 6.07) is 9.13. The fraction of sp³-hybridized carbons (Fsp3) is 0.286. The highest BCUT2D eigenvalue weighted by Crippen LogP contribution is 2.33. The molecular formula is C14H17BrN2O2S2. The Morgan fingerprint density at radius 2 is 2.00 bits per heavy atom. The van der Waals surface area contributed by atoms with Crippen LogP contribution in [0.25, 0.3) is 0 Å². The van der Waals surface area contributed by atoms with E-state index in [-0.39, 0.29) is 4.90 Å². The zero-order valence-electron chi connectivity index (χ0n) is 11.8. The molecule has 7 heteroatoms. The van der Waals surface area contributed by atoms with Crippen LogP contribution in [0, 0.1) is 0 Å². The van der Waals surface area contributed by atoms with E-state index in [0.717, 1.165) is 16.9 Å². The molecule has 114 valence electrons. The summed E-state index contributed by atoms with van der Waals surface area (Å²) in [6.45, 7) is 2.64. The molecule has 1 aromatic carbocycles. The van der Waals surface area contributed by atoms with Gasteiger partial charge in [0.1, 0.15) is 4.90 Å². The summed E-state index contributed by atoms with van der Waals surface area (Å²) in [7, 11) is -1.76. The van der Waals surface area contributed by atoms with Crippen molar-refractivity contribution in [1.82, 2.24) is 5.32 Å². The van der Waals surface area contributed by atoms with Crippen molar-refractivity contribution in [1.29, 1.82) is 0 Å². The second-order valence-electron chi connectivity index (χ2n) is 4.50. The number of thiophene rings is 1. The number of halogens is 1. The molecule has 0 aliphatic rings. The summed E-state index contributed by atoms with van der Waals surface area (Å²) in [4.78, 5) is 1.25. The Morgan fingerprint density at radius 3 is 2.67 bits per heavy atom. The van der Waals surface area contributed by atoms with Gasteiger partial charge in [-0.05, 0) is 47.1 Å². The summed E-state index contributed by atoms with van der Waals surface area (Å²) in [5.41, 5.74) is 1.61. The molecular weight excluding hydrogens is 372 g/mol. The quantitative estimate of drug-likeness (QED) is 0.794. The summed E-state index contributed by atoms with van der Waals surface area (Å²) in [5, 5.41) is 3.02. The van der Waals surface area contributed by atoms with Gasteiger partial charge in [0.05, 0.1) is 9.47 Å². The van der Waals surface area contributed by atoms with Crippen molar-refractivity contribution in [3.63, 3.8) is 0 Å². The number of rotatable bonds is 6. The minimum absolute atomic E-state index is 0.281. The lowest BCUT2D eigenvalue weighted by Crippen LogP contribution is -2.14. The molecule has 0 atom stereocenters. The van der Waals surface area contributed by atoms with Crippen molar-refractivity contribution in [3.05, 3.63) is 44.6 Å². The highest BCUT2D eigenvalue weighted by Gasteiger charge is 2.21. The van der Waals surface area contributed by atoms with Gasteiger partial charge in [0, 0.05) is 11.4 Å². The van der Waals surface area contributed by atoms with E-state index in [9.17, 15) is 8.42 Å². The highest BCUT2D eigenvalue weighted by atomic mass is 79.9. The maximum absolute atomic E-state index is 12.6. The minimum Gasteiger partial charge on any atom is -0.315 e. The molecule has 2 rings (SSSR count). The van der Waals surface area contributed by atoms with Gasteiger partial charge in [-0.2, -0.15) is 0 Å². The number of aryl methyl sites for hydroxylation is 1. The van der Waals surface area contributed by atoms with E-state index >= 15 is 0 Å². The first-order chi connectivity index (χ1) is 9.97. The van der Waals surface area contributed by atoms with Gasteiger partial charge < -0.3 is 5.32 Å². The van der Waals surface area contributed by atoms with Crippen molar-refractivity contribution >= 4 is 43.0 Å². The minimum atomic E-state index is -3.59. The number of benzene rings is 1. The Bertz CT molecular complexity index is 726. The van der Waals surface area contributed by atoms with Gasteiger partial charge in [-0.1, -0.05) is 25.1 Å². The van der Waals surface area contributed by atoms with Crippen LogP contribution in [-0.2, 0) is 23.0 Å². The topological polar surface area (TPSA) is 58.2 Å². The molecule has 0 radical (unpaired) electrons. The normalized spacial score (nSPS) is 11.6. The van der Waals surface area contributed by atoms with Crippen LogP contribution in [0.2, 0.25) is 0 Å². The third-order valence-electron chi connectivity index (χ3n) is 2.99. The second kappa shape index (κ2) is 6.91. The fourth-order valence-electron chi connectivity index (χ4n) is 1.97. The average molecular weight is 389 g/mol. The predicted molar refractivity (Wildman–Crippen MR) is 91.4 cm³/mol. The van der Waals surface area contributed by atoms with Crippen LogP contribution >= 0.6 is 27.3 Å². The predicted octanol–water partition coefficient (Wildman–Crippen LogP) is 3.59. The molecule has 0 fully saturated rings. The van der Waals surface area contributed by atoms with Crippen molar-refractivity contribution in [3.8, 4) is 0 Å². The summed E-state index contributed by atoms with van der Waals surface area (Å²) < 4.78 is 28.4. The molecule has 1 aromatic heterocycles. The maximum atomic E-state index is 12.6. The van der Waals surface area contributed by atoms with Gasteiger partial charge in [0.15, 0.2) is 0 Å². The monoisotopic (exact) mass is 388 g/mol. The van der Waals surface area contributed by atoms with Crippen molar-refractivity contribution in [2.75, 3.05) is 11.8 Å². The largest absolute Gasteiger partial charge is 0.315 e. The number of hydrogen-bond acceptors (Lipinski definition) is 4. The van der Waals surface area contributed by atoms with Gasteiger partial charge in [-0.3, -0.25) is 4.72 Å². The molecule has 1 heterocycles. The van der Waals surface area contributed by atoms with Crippen molar-refractivity contribution in [2.24, 2.45) is 0 Å². The summed E-state index contributed by atoms with van der Waals surface area (Å²) in [6.07, 6.45) is 0.772. The zero-order chi connectivity index (χ0) is 15.5.